The molecule has 0 spiro atoms. The zero-order valence-electron chi connectivity index (χ0n) is 24.7. The first-order chi connectivity index (χ1) is 20.3. The Hall–Kier alpha value is -2.98. The summed E-state index contributed by atoms with van der Waals surface area (Å²) in [4.78, 5) is 29.0. The number of carbonyl (C=O) groups is 2. The summed E-state index contributed by atoms with van der Waals surface area (Å²) in [6, 6.07) is 14.6. The summed E-state index contributed by atoms with van der Waals surface area (Å²) in [5, 5.41) is 3.84. The van der Waals surface area contributed by atoms with Crippen LogP contribution in [0.2, 0.25) is 15.1 Å². The maximum atomic E-state index is 14.2. The molecule has 232 valence electrons. The molecule has 0 aliphatic heterocycles. The lowest BCUT2D eigenvalue weighted by Gasteiger charge is -2.34. The summed E-state index contributed by atoms with van der Waals surface area (Å²) < 4.78 is 34.3. The molecule has 12 heteroatoms. The molecular weight excluding hydrogens is 633 g/mol. The van der Waals surface area contributed by atoms with Gasteiger partial charge in [0, 0.05) is 22.6 Å². The van der Waals surface area contributed by atoms with Gasteiger partial charge in [-0.05, 0) is 74.7 Å². The zero-order chi connectivity index (χ0) is 31.9. The summed E-state index contributed by atoms with van der Waals surface area (Å²) in [6.45, 7) is 6.78. The number of amides is 2. The van der Waals surface area contributed by atoms with Crippen LogP contribution in [0.25, 0.3) is 0 Å². The lowest BCUT2D eigenvalue weighted by atomic mass is 10.1. The van der Waals surface area contributed by atoms with Gasteiger partial charge in [0.05, 0.1) is 22.7 Å². The van der Waals surface area contributed by atoms with Gasteiger partial charge in [0.15, 0.2) is 0 Å². The highest BCUT2D eigenvalue weighted by molar-refractivity contribution is 7.92. The SMILES string of the molecule is CC[C@@H](C)NC(=O)[C@H](CC)N(Cc1ccc(Cl)cc1Cl)C(=O)CN(c1ccc(OC)c(Cl)c1)S(=O)(=O)c1ccc(C)cc1. The third-order valence-electron chi connectivity index (χ3n) is 7.05. The van der Waals surface area contributed by atoms with Gasteiger partial charge in [0.25, 0.3) is 10.0 Å². The van der Waals surface area contributed by atoms with Crippen LogP contribution in [0.15, 0.2) is 65.6 Å². The molecule has 2 atom stereocenters. The normalized spacial score (nSPS) is 12.7. The van der Waals surface area contributed by atoms with E-state index in [1.54, 1.807) is 37.3 Å². The molecule has 3 aromatic carbocycles. The van der Waals surface area contributed by atoms with E-state index in [0.717, 1.165) is 9.87 Å². The summed E-state index contributed by atoms with van der Waals surface area (Å²) in [6.07, 6.45) is 0.970. The topological polar surface area (TPSA) is 96.0 Å². The Labute approximate surface area is 268 Å². The van der Waals surface area contributed by atoms with Gasteiger partial charge in [-0.3, -0.25) is 13.9 Å². The number of ether oxygens (including phenoxy) is 1. The highest BCUT2D eigenvalue weighted by atomic mass is 35.5. The van der Waals surface area contributed by atoms with Crippen LogP contribution in [0, 0.1) is 6.92 Å². The van der Waals surface area contributed by atoms with Crippen LogP contribution in [0.5, 0.6) is 5.75 Å². The van der Waals surface area contributed by atoms with E-state index in [1.807, 2.05) is 20.8 Å². The summed E-state index contributed by atoms with van der Waals surface area (Å²) >= 11 is 18.9. The molecule has 0 aliphatic carbocycles. The zero-order valence-corrected chi connectivity index (χ0v) is 27.8. The number of nitrogens with zero attached hydrogens (tertiary/aromatic N) is 2. The van der Waals surface area contributed by atoms with E-state index in [-0.39, 0.29) is 40.5 Å². The molecule has 0 heterocycles. The van der Waals surface area contributed by atoms with Crippen LogP contribution in [0.4, 0.5) is 5.69 Å². The number of hydrogen-bond acceptors (Lipinski definition) is 5. The molecule has 8 nitrogen and oxygen atoms in total. The van der Waals surface area contributed by atoms with Crippen LogP contribution in [-0.4, -0.2) is 50.9 Å². The molecule has 0 aliphatic rings. The Kier molecular flexibility index (Phi) is 12.2. The number of benzene rings is 3. The minimum absolute atomic E-state index is 0.00769. The number of methoxy groups -OCH3 is 1. The first-order valence-electron chi connectivity index (χ1n) is 13.8. The fraction of sp³-hybridized carbons (Fsp3) is 0.355. The van der Waals surface area contributed by atoms with E-state index >= 15 is 0 Å². The monoisotopic (exact) mass is 667 g/mol. The molecule has 3 aromatic rings. The molecule has 0 saturated carbocycles. The minimum Gasteiger partial charge on any atom is -0.495 e. The third kappa shape index (κ3) is 8.56. The van der Waals surface area contributed by atoms with Crippen LogP contribution in [-0.2, 0) is 26.2 Å². The van der Waals surface area contributed by atoms with Crippen molar-refractivity contribution in [3.05, 3.63) is 86.9 Å². The van der Waals surface area contributed by atoms with Crippen molar-refractivity contribution in [1.29, 1.82) is 0 Å². The first kappa shape index (κ1) is 34.5. The van der Waals surface area contributed by atoms with Crippen molar-refractivity contribution in [2.45, 2.75) is 64.1 Å². The van der Waals surface area contributed by atoms with E-state index in [4.69, 9.17) is 39.5 Å². The molecule has 0 bridgehead atoms. The average molecular weight is 669 g/mol. The molecule has 0 unspecified atom stereocenters. The number of nitrogens with one attached hydrogen (secondary N) is 1. The predicted octanol–water partition coefficient (Wildman–Crippen LogP) is 6.88. The van der Waals surface area contributed by atoms with E-state index in [0.29, 0.717) is 27.8 Å². The van der Waals surface area contributed by atoms with Gasteiger partial charge in [-0.2, -0.15) is 0 Å². The molecule has 43 heavy (non-hydrogen) atoms. The number of hydrogen-bond donors (Lipinski definition) is 1. The number of aryl methyl sites for hydroxylation is 1. The maximum Gasteiger partial charge on any atom is 0.264 e. The van der Waals surface area contributed by atoms with E-state index < -0.39 is 28.5 Å². The van der Waals surface area contributed by atoms with E-state index in [9.17, 15) is 18.0 Å². The Morgan fingerprint density at radius 2 is 1.60 bits per heavy atom. The van der Waals surface area contributed by atoms with Crippen LogP contribution in [0.3, 0.4) is 0 Å². The standard InChI is InChI=1S/C31H36Cl3N3O5S/c1-6-21(4)35-31(39)28(7-2)36(18-22-10-11-23(32)16-26(22)33)30(38)19-37(24-12-15-29(42-5)27(34)17-24)43(40,41)25-13-8-20(3)9-14-25/h8-17,21,28H,6-7,18-19H2,1-5H3,(H,35,39)/t21-,28+/m1/s1. The molecule has 0 saturated heterocycles. The third-order valence-corrected chi connectivity index (χ3v) is 9.72. The largest absolute Gasteiger partial charge is 0.495 e. The highest BCUT2D eigenvalue weighted by Gasteiger charge is 2.34. The highest BCUT2D eigenvalue weighted by Crippen LogP contribution is 2.32. The van der Waals surface area contributed by atoms with Gasteiger partial charge < -0.3 is 15.0 Å². The van der Waals surface area contributed by atoms with Crippen LogP contribution in [0.1, 0.15) is 44.7 Å². The van der Waals surface area contributed by atoms with Crippen LogP contribution < -0.4 is 14.4 Å². The van der Waals surface area contributed by atoms with Crippen molar-refractivity contribution in [2.24, 2.45) is 0 Å². The second-order valence-corrected chi connectivity index (χ2v) is 13.3. The average Bonchev–Trinajstić information content (AvgIpc) is 2.96. The Morgan fingerprint density at radius 3 is 2.16 bits per heavy atom. The second-order valence-electron chi connectivity index (χ2n) is 10.1. The molecule has 2 amide bonds. The van der Waals surface area contributed by atoms with Crippen molar-refractivity contribution in [3.8, 4) is 5.75 Å². The summed E-state index contributed by atoms with van der Waals surface area (Å²) in [7, 11) is -2.81. The summed E-state index contributed by atoms with van der Waals surface area (Å²) in [5.74, 6) is -0.619. The molecule has 0 fully saturated rings. The smallest absolute Gasteiger partial charge is 0.264 e. The van der Waals surface area contributed by atoms with E-state index in [1.165, 1.54) is 42.3 Å². The van der Waals surface area contributed by atoms with Crippen molar-refractivity contribution in [3.63, 3.8) is 0 Å². The number of halogens is 3. The number of anilines is 1. The molecule has 1 N–H and O–H groups in total. The molecular formula is C31H36Cl3N3O5S. The maximum absolute atomic E-state index is 14.2. The Bertz CT molecular complexity index is 1550. The van der Waals surface area contributed by atoms with Gasteiger partial charge >= 0.3 is 0 Å². The van der Waals surface area contributed by atoms with Crippen molar-refractivity contribution >= 4 is 62.3 Å². The second kappa shape index (κ2) is 15.1. The molecule has 0 radical (unpaired) electrons. The van der Waals surface area contributed by atoms with Crippen molar-refractivity contribution in [2.75, 3.05) is 18.0 Å². The summed E-state index contributed by atoms with van der Waals surface area (Å²) in [5.41, 5.74) is 1.58. The first-order valence-corrected chi connectivity index (χ1v) is 16.4. The van der Waals surface area contributed by atoms with Gasteiger partial charge in [-0.15, -0.1) is 0 Å². The van der Waals surface area contributed by atoms with Gasteiger partial charge in [0.2, 0.25) is 11.8 Å². The van der Waals surface area contributed by atoms with E-state index in [2.05, 4.69) is 5.32 Å². The predicted molar refractivity (Wildman–Crippen MR) is 173 cm³/mol. The van der Waals surface area contributed by atoms with Crippen molar-refractivity contribution < 1.29 is 22.7 Å². The number of rotatable bonds is 13. The fourth-order valence-corrected chi connectivity index (χ4v) is 6.50. The molecule has 0 aromatic heterocycles. The minimum atomic E-state index is -4.26. The van der Waals surface area contributed by atoms with Gasteiger partial charge in [-0.1, -0.05) is 72.4 Å². The van der Waals surface area contributed by atoms with Crippen LogP contribution >= 0.6 is 34.8 Å². The number of sulfonamides is 1. The van der Waals surface area contributed by atoms with Gasteiger partial charge in [-0.25, -0.2) is 8.42 Å². The molecule has 3 rings (SSSR count). The quantitative estimate of drug-likeness (QED) is 0.214. The Morgan fingerprint density at radius 1 is 0.930 bits per heavy atom. The lowest BCUT2D eigenvalue weighted by Crippen LogP contribution is -2.53. The fourth-order valence-electron chi connectivity index (χ4n) is 4.37. The van der Waals surface area contributed by atoms with Gasteiger partial charge in [0.1, 0.15) is 18.3 Å². The number of carbonyl (C=O) groups excluding carboxylic acids is 2. The Balaban J connectivity index is 2.12. The lowest BCUT2D eigenvalue weighted by molar-refractivity contribution is -0.140. The van der Waals surface area contributed by atoms with Crippen molar-refractivity contribution in [1.82, 2.24) is 10.2 Å².